The van der Waals surface area contributed by atoms with Crippen molar-refractivity contribution in [2.75, 3.05) is 39.7 Å². The second kappa shape index (κ2) is 13.5. The molecule has 0 radical (unpaired) electrons. The lowest BCUT2D eigenvalue weighted by atomic mass is 10.1. The van der Waals surface area contributed by atoms with Crippen LogP contribution in [0.4, 0.5) is 9.52 Å². The Balaban J connectivity index is 1.42. The van der Waals surface area contributed by atoms with Crippen LogP contribution in [-0.2, 0) is 11.2 Å². The molecule has 4 rings (SSSR count). The van der Waals surface area contributed by atoms with Crippen LogP contribution in [0.25, 0.3) is 10.6 Å². The minimum absolute atomic E-state index is 0.0103. The van der Waals surface area contributed by atoms with E-state index in [1.165, 1.54) is 34.4 Å². The number of halogens is 1. The van der Waals surface area contributed by atoms with Gasteiger partial charge in [0, 0.05) is 25.1 Å². The van der Waals surface area contributed by atoms with Crippen molar-refractivity contribution < 1.29 is 28.2 Å². The smallest absolute Gasteiger partial charge is 0.256 e. The molecule has 208 valence electrons. The Morgan fingerprint density at radius 2 is 1.65 bits per heavy atom. The van der Waals surface area contributed by atoms with E-state index in [2.05, 4.69) is 15.5 Å². The summed E-state index contributed by atoms with van der Waals surface area (Å²) >= 11 is 1.23. The molecule has 0 spiro atoms. The zero-order valence-corrected chi connectivity index (χ0v) is 23.2. The number of methoxy groups -OCH3 is 3. The van der Waals surface area contributed by atoms with Gasteiger partial charge in [0.25, 0.3) is 5.91 Å². The van der Waals surface area contributed by atoms with Gasteiger partial charge in [-0.05, 0) is 60.5 Å². The van der Waals surface area contributed by atoms with Crippen LogP contribution in [0.5, 0.6) is 17.2 Å². The molecule has 0 aliphatic heterocycles. The third-order valence-corrected chi connectivity index (χ3v) is 7.01. The number of anilines is 1. The van der Waals surface area contributed by atoms with Crippen molar-refractivity contribution in [2.24, 2.45) is 0 Å². The largest absolute Gasteiger partial charge is 0.497 e. The highest BCUT2D eigenvalue weighted by Crippen LogP contribution is 2.29. The van der Waals surface area contributed by atoms with Gasteiger partial charge < -0.3 is 24.4 Å². The number of amides is 2. The maximum Gasteiger partial charge on any atom is 0.256 e. The number of aromatic nitrogens is 2. The maximum atomic E-state index is 14.4. The van der Waals surface area contributed by atoms with E-state index < -0.39 is 11.7 Å². The summed E-state index contributed by atoms with van der Waals surface area (Å²) in [5.74, 6) is 0.431. The van der Waals surface area contributed by atoms with Crippen molar-refractivity contribution >= 4 is 28.3 Å². The number of hydrogen-bond acceptors (Lipinski definition) is 8. The highest BCUT2D eigenvalue weighted by Gasteiger charge is 2.21. The van der Waals surface area contributed by atoms with Crippen LogP contribution in [0.1, 0.15) is 22.3 Å². The predicted octanol–water partition coefficient (Wildman–Crippen LogP) is 5.08. The molecule has 0 bridgehead atoms. The number of rotatable bonds is 12. The summed E-state index contributed by atoms with van der Waals surface area (Å²) in [6.07, 6.45) is 0.452. The zero-order valence-electron chi connectivity index (χ0n) is 22.3. The van der Waals surface area contributed by atoms with E-state index in [9.17, 15) is 14.0 Å². The second-order valence-electron chi connectivity index (χ2n) is 8.65. The van der Waals surface area contributed by atoms with Gasteiger partial charge in [0.15, 0.2) is 11.5 Å². The van der Waals surface area contributed by atoms with E-state index in [4.69, 9.17) is 14.2 Å². The molecule has 40 heavy (non-hydrogen) atoms. The van der Waals surface area contributed by atoms with Gasteiger partial charge in [-0.2, -0.15) is 0 Å². The molecule has 0 saturated heterocycles. The molecule has 0 saturated carbocycles. The summed E-state index contributed by atoms with van der Waals surface area (Å²) in [6.45, 7) is 0.340. The first-order valence-electron chi connectivity index (χ1n) is 12.4. The molecule has 0 aliphatic carbocycles. The second-order valence-corrected chi connectivity index (χ2v) is 9.63. The number of carbonyl (C=O) groups is 2. The molecule has 3 aromatic carbocycles. The molecular weight excluding hydrogens is 535 g/mol. The normalized spacial score (nSPS) is 10.6. The van der Waals surface area contributed by atoms with Gasteiger partial charge in [-0.15, -0.1) is 10.2 Å². The molecule has 0 unspecified atom stereocenters. The predicted molar refractivity (Wildman–Crippen MR) is 151 cm³/mol. The van der Waals surface area contributed by atoms with Crippen LogP contribution in [0.15, 0.2) is 66.7 Å². The van der Waals surface area contributed by atoms with E-state index in [1.807, 2.05) is 36.4 Å². The van der Waals surface area contributed by atoms with Gasteiger partial charge in [0.05, 0.1) is 26.9 Å². The monoisotopic (exact) mass is 564 g/mol. The molecule has 2 amide bonds. The number of nitrogens with one attached hydrogen (secondary N) is 1. The average Bonchev–Trinajstić information content (AvgIpc) is 3.45. The van der Waals surface area contributed by atoms with Crippen molar-refractivity contribution in [2.45, 2.75) is 12.8 Å². The molecule has 0 aliphatic rings. The highest BCUT2D eigenvalue weighted by atomic mass is 32.1. The first kappa shape index (κ1) is 28.5. The summed E-state index contributed by atoms with van der Waals surface area (Å²) in [4.78, 5) is 27.5. The standard InChI is InChI=1S/C29H29FN4O5S/c1-37-21-11-9-20(10-12-21)27-32-33-29(40-27)31-26(35)15-17-34(28(36)22-6-4-5-7-23(22)30)16-14-19-8-13-24(38-2)25(18-19)39-3/h4-13,18H,14-17H2,1-3H3,(H,31,33,35). The Hall–Kier alpha value is -4.51. The van der Waals surface area contributed by atoms with Gasteiger partial charge in [0.1, 0.15) is 16.6 Å². The van der Waals surface area contributed by atoms with Crippen LogP contribution >= 0.6 is 11.3 Å². The lowest BCUT2D eigenvalue weighted by Gasteiger charge is -2.23. The topological polar surface area (TPSA) is 103 Å². The molecule has 1 heterocycles. The minimum atomic E-state index is -0.618. The summed E-state index contributed by atoms with van der Waals surface area (Å²) in [5, 5.41) is 11.9. The Bertz CT molecular complexity index is 1460. The van der Waals surface area contributed by atoms with Crippen molar-refractivity contribution in [1.29, 1.82) is 0 Å². The Labute approximate surface area is 235 Å². The fourth-order valence-electron chi connectivity index (χ4n) is 3.96. The molecular formula is C29H29FN4O5S. The Morgan fingerprint density at radius 3 is 2.35 bits per heavy atom. The van der Waals surface area contributed by atoms with Gasteiger partial charge in [0.2, 0.25) is 11.0 Å². The molecule has 0 fully saturated rings. The number of hydrogen-bond donors (Lipinski definition) is 1. The average molecular weight is 565 g/mol. The lowest BCUT2D eigenvalue weighted by molar-refractivity contribution is -0.116. The first-order chi connectivity index (χ1) is 19.4. The molecule has 1 aromatic heterocycles. The number of benzene rings is 3. The van der Waals surface area contributed by atoms with Crippen LogP contribution in [0, 0.1) is 5.82 Å². The zero-order chi connectivity index (χ0) is 28.5. The Kier molecular flexibility index (Phi) is 9.63. The van der Waals surface area contributed by atoms with Crippen molar-refractivity contribution in [3.63, 3.8) is 0 Å². The number of nitrogens with zero attached hydrogens (tertiary/aromatic N) is 3. The summed E-state index contributed by atoms with van der Waals surface area (Å²) < 4.78 is 30.3. The maximum absolute atomic E-state index is 14.4. The quantitative estimate of drug-likeness (QED) is 0.256. The van der Waals surface area contributed by atoms with Gasteiger partial charge >= 0.3 is 0 Å². The molecule has 4 aromatic rings. The summed E-state index contributed by atoms with van der Waals surface area (Å²) in [5.41, 5.74) is 1.69. The summed E-state index contributed by atoms with van der Waals surface area (Å²) in [7, 11) is 4.69. The van der Waals surface area contributed by atoms with E-state index in [0.29, 0.717) is 28.1 Å². The van der Waals surface area contributed by atoms with E-state index >= 15 is 0 Å². The molecule has 11 heteroatoms. The van der Waals surface area contributed by atoms with Gasteiger partial charge in [-0.1, -0.05) is 29.5 Å². The number of carbonyl (C=O) groups excluding carboxylic acids is 2. The van der Waals surface area contributed by atoms with Gasteiger partial charge in [-0.3, -0.25) is 9.59 Å². The van der Waals surface area contributed by atoms with Crippen molar-refractivity contribution in [3.05, 3.63) is 83.7 Å². The van der Waals surface area contributed by atoms with E-state index in [1.54, 1.807) is 33.5 Å². The number of ether oxygens (including phenoxy) is 3. The highest BCUT2D eigenvalue weighted by molar-refractivity contribution is 7.18. The molecule has 1 N–H and O–H groups in total. The fraction of sp³-hybridized carbons (Fsp3) is 0.241. The Morgan fingerprint density at radius 1 is 0.900 bits per heavy atom. The SMILES string of the molecule is COc1ccc(-c2nnc(NC(=O)CCN(CCc3ccc(OC)c(OC)c3)C(=O)c3ccccc3F)s2)cc1. The van der Waals surface area contributed by atoms with Crippen molar-refractivity contribution in [3.8, 4) is 27.8 Å². The third kappa shape index (κ3) is 7.11. The van der Waals surface area contributed by atoms with Crippen LogP contribution in [0.3, 0.4) is 0 Å². The fourth-order valence-corrected chi connectivity index (χ4v) is 4.73. The van der Waals surface area contributed by atoms with Crippen LogP contribution in [0.2, 0.25) is 0 Å². The van der Waals surface area contributed by atoms with Crippen molar-refractivity contribution in [1.82, 2.24) is 15.1 Å². The molecule has 9 nitrogen and oxygen atoms in total. The molecule has 0 atom stereocenters. The lowest BCUT2D eigenvalue weighted by Crippen LogP contribution is -2.36. The van der Waals surface area contributed by atoms with Crippen LogP contribution in [-0.4, -0.2) is 61.3 Å². The first-order valence-corrected chi connectivity index (χ1v) is 13.3. The minimum Gasteiger partial charge on any atom is -0.497 e. The van der Waals surface area contributed by atoms with E-state index in [-0.39, 0.29) is 31.0 Å². The third-order valence-electron chi connectivity index (χ3n) is 6.13. The summed E-state index contributed by atoms with van der Waals surface area (Å²) in [6, 6.07) is 18.6. The van der Waals surface area contributed by atoms with Crippen LogP contribution < -0.4 is 19.5 Å². The van der Waals surface area contributed by atoms with E-state index in [0.717, 1.165) is 16.9 Å². The van der Waals surface area contributed by atoms with Gasteiger partial charge in [-0.25, -0.2) is 4.39 Å².